The molecule has 1 rings (SSSR count). The van der Waals surface area contributed by atoms with E-state index in [1.54, 1.807) is 0 Å². The van der Waals surface area contributed by atoms with Gasteiger partial charge >= 0.3 is 0 Å². The first-order valence-corrected chi connectivity index (χ1v) is 4.76. The van der Waals surface area contributed by atoms with Gasteiger partial charge in [0, 0.05) is 18.8 Å². The van der Waals surface area contributed by atoms with Gasteiger partial charge in [-0.25, -0.2) is 0 Å². The van der Waals surface area contributed by atoms with Gasteiger partial charge in [0.1, 0.15) is 6.29 Å². The van der Waals surface area contributed by atoms with Gasteiger partial charge in [-0.15, -0.1) is 0 Å². The van der Waals surface area contributed by atoms with Gasteiger partial charge in [0.15, 0.2) is 0 Å². The third-order valence-electron chi connectivity index (χ3n) is 2.04. The van der Waals surface area contributed by atoms with Crippen LogP contribution >= 0.6 is 0 Å². The normalized spacial score (nSPS) is 9.85. The van der Waals surface area contributed by atoms with E-state index in [4.69, 9.17) is 0 Å². The number of aldehydes is 1. The van der Waals surface area contributed by atoms with Gasteiger partial charge in [-0.05, 0) is 37.0 Å². The van der Waals surface area contributed by atoms with Crippen molar-refractivity contribution in [2.45, 2.75) is 32.1 Å². The van der Waals surface area contributed by atoms with E-state index in [2.05, 4.69) is 4.98 Å². The van der Waals surface area contributed by atoms with Gasteiger partial charge in [-0.3, -0.25) is 4.98 Å². The van der Waals surface area contributed by atoms with Crippen LogP contribution in [0.15, 0.2) is 24.5 Å². The van der Waals surface area contributed by atoms with Crippen molar-refractivity contribution in [3.8, 4) is 0 Å². The molecule has 0 atom stereocenters. The van der Waals surface area contributed by atoms with E-state index >= 15 is 0 Å². The molecule has 0 unspecified atom stereocenters. The Morgan fingerprint density at radius 2 is 1.92 bits per heavy atom. The fourth-order valence-corrected chi connectivity index (χ4v) is 1.28. The summed E-state index contributed by atoms with van der Waals surface area (Å²) in [5, 5.41) is 0. The summed E-state index contributed by atoms with van der Waals surface area (Å²) in [5.74, 6) is 0. The Balaban J connectivity index is 2.10. The number of nitrogens with zero attached hydrogens (tertiary/aromatic N) is 1. The van der Waals surface area contributed by atoms with Gasteiger partial charge in [-0.2, -0.15) is 0 Å². The van der Waals surface area contributed by atoms with Crippen LogP contribution in [0.1, 0.15) is 31.2 Å². The topological polar surface area (TPSA) is 30.0 Å². The molecule has 70 valence electrons. The Bertz CT molecular complexity index is 233. The molecule has 1 aromatic rings. The van der Waals surface area contributed by atoms with Crippen molar-refractivity contribution in [2.24, 2.45) is 0 Å². The molecule has 2 heteroatoms. The number of hydrogen-bond acceptors (Lipinski definition) is 2. The van der Waals surface area contributed by atoms with Crippen molar-refractivity contribution < 1.29 is 4.79 Å². The van der Waals surface area contributed by atoms with Crippen molar-refractivity contribution in [2.75, 3.05) is 0 Å². The molecule has 0 aliphatic heterocycles. The van der Waals surface area contributed by atoms with Gasteiger partial charge in [0.25, 0.3) is 0 Å². The van der Waals surface area contributed by atoms with E-state index in [9.17, 15) is 4.79 Å². The van der Waals surface area contributed by atoms with Crippen molar-refractivity contribution >= 4 is 6.29 Å². The minimum atomic E-state index is 0.705. The Kier molecular flexibility index (Phi) is 4.84. The van der Waals surface area contributed by atoms with Gasteiger partial charge < -0.3 is 4.79 Å². The predicted molar refractivity (Wildman–Crippen MR) is 52.5 cm³/mol. The van der Waals surface area contributed by atoms with E-state index in [1.807, 2.05) is 24.5 Å². The zero-order valence-electron chi connectivity index (χ0n) is 7.78. The number of hydrogen-bond donors (Lipinski definition) is 0. The molecular weight excluding hydrogens is 162 g/mol. The maximum Gasteiger partial charge on any atom is 0.119 e. The summed E-state index contributed by atoms with van der Waals surface area (Å²) < 4.78 is 0. The van der Waals surface area contributed by atoms with Crippen LogP contribution in [0, 0.1) is 0 Å². The van der Waals surface area contributed by atoms with Crippen molar-refractivity contribution in [3.05, 3.63) is 30.1 Å². The average molecular weight is 177 g/mol. The second-order valence-electron chi connectivity index (χ2n) is 3.12. The number of rotatable bonds is 6. The average Bonchev–Trinajstić information content (AvgIpc) is 2.19. The van der Waals surface area contributed by atoms with Gasteiger partial charge in [-0.1, -0.05) is 6.42 Å². The first-order chi connectivity index (χ1) is 6.43. The number of pyridine rings is 1. The van der Waals surface area contributed by atoms with Crippen LogP contribution in [0.5, 0.6) is 0 Å². The molecule has 0 aliphatic rings. The predicted octanol–water partition coefficient (Wildman–Crippen LogP) is 2.38. The fourth-order valence-electron chi connectivity index (χ4n) is 1.28. The Morgan fingerprint density at radius 1 is 1.15 bits per heavy atom. The zero-order chi connectivity index (χ0) is 9.36. The molecule has 0 N–H and O–H groups in total. The molecule has 0 saturated carbocycles. The lowest BCUT2D eigenvalue weighted by Gasteiger charge is -1.98. The summed E-state index contributed by atoms with van der Waals surface area (Å²) >= 11 is 0. The molecule has 0 spiro atoms. The SMILES string of the molecule is O=CCCCCCc1ccncc1. The van der Waals surface area contributed by atoms with Crippen LogP contribution in [-0.4, -0.2) is 11.3 Å². The lowest BCUT2D eigenvalue weighted by Crippen LogP contribution is -1.86. The monoisotopic (exact) mass is 177 g/mol. The highest BCUT2D eigenvalue weighted by molar-refractivity contribution is 5.48. The number of carbonyl (C=O) groups is 1. The molecule has 0 amide bonds. The third kappa shape index (κ3) is 4.41. The van der Waals surface area contributed by atoms with Crippen molar-refractivity contribution in [1.82, 2.24) is 4.98 Å². The third-order valence-corrected chi connectivity index (χ3v) is 2.04. The van der Waals surface area contributed by atoms with Gasteiger partial charge in [0.05, 0.1) is 0 Å². The maximum absolute atomic E-state index is 10.0. The second kappa shape index (κ2) is 6.35. The Morgan fingerprint density at radius 3 is 2.62 bits per heavy atom. The molecule has 0 saturated heterocycles. The van der Waals surface area contributed by atoms with Crippen LogP contribution < -0.4 is 0 Å². The second-order valence-corrected chi connectivity index (χ2v) is 3.12. The lowest BCUT2D eigenvalue weighted by molar-refractivity contribution is -0.107. The molecule has 0 radical (unpaired) electrons. The number of unbranched alkanes of at least 4 members (excludes halogenated alkanes) is 3. The number of aryl methyl sites for hydroxylation is 1. The highest BCUT2D eigenvalue weighted by Gasteiger charge is 1.92. The highest BCUT2D eigenvalue weighted by atomic mass is 16.1. The van der Waals surface area contributed by atoms with E-state index < -0.39 is 0 Å². The Hall–Kier alpha value is -1.18. The quantitative estimate of drug-likeness (QED) is 0.493. The molecular formula is C11H15NO. The van der Waals surface area contributed by atoms with Crippen molar-refractivity contribution in [3.63, 3.8) is 0 Å². The minimum absolute atomic E-state index is 0.705. The largest absolute Gasteiger partial charge is 0.303 e. The molecule has 0 bridgehead atoms. The summed E-state index contributed by atoms with van der Waals surface area (Å²) in [6.07, 6.45) is 9.76. The van der Waals surface area contributed by atoms with Crippen LogP contribution in [0.25, 0.3) is 0 Å². The minimum Gasteiger partial charge on any atom is -0.303 e. The zero-order valence-corrected chi connectivity index (χ0v) is 7.78. The summed E-state index contributed by atoms with van der Waals surface area (Å²) in [7, 11) is 0. The fraction of sp³-hybridized carbons (Fsp3) is 0.455. The number of carbonyl (C=O) groups excluding carboxylic acids is 1. The van der Waals surface area contributed by atoms with Gasteiger partial charge in [0.2, 0.25) is 0 Å². The molecule has 0 aromatic carbocycles. The van der Waals surface area contributed by atoms with Crippen LogP contribution in [0.2, 0.25) is 0 Å². The highest BCUT2D eigenvalue weighted by Crippen LogP contribution is 2.05. The first kappa shape index (κ1) is 9.90. The van der Waals surface area contributed by atoms with E-state index in [1.165, 1.54) is 5.56 Å². The molecule has 1 aromatic heterocycles. The first-order valence-electron chi connectivity index (χ1n) is 4.76. The van der Waals surface area contributed by atoms with Crippen LogP contribution in [0.3, 0.4) is 0 Å². The molecule has 1 heterocycles. The summed E-state index contributed by atoms with van der Waals surface area (Å²) in [4.78, 5) is 14.0. The molecule has 0 aliphatic carbocycles. The maximum atomic E-state index is 10.0. The Labute approximate surface area is 79.0 Å². The molecule has 0 fully saturated rings. The smallest absolute Gasteiger partial charge is 0.119 e. The standard InChI is InChI=1S/C11H15NO/c13-10-4-2-1-3-5-11-6-8-12-9-7-11/h6-10H,1-5H2. The summed E-state index contributed by atoms with van der Waals surface area (Å²) in [6, 6.07) is 4.08. The molecule has 13 heavy (non-hydrogen) atoms. The summed E-state index contributed by atoms with van der Waals surface area (Å²) in [6.45, 7) is 0. The van der Waals surface area contributed by atoms with Crippen LogP contribution in [-0.2, 0) is 11.2 Å². The van der Waals surface area contributed by atoms with Crippen LogP contribution in [0.4, 0.5) is 0 Å². The number of aromatic nitrogens is 1. The summed E-state index contributed by atoms with van der Waals surface area (Å²) in [5.41, 5.74) is 1.33. The van der Waals surface area contributed by atoms with E-state index in [0.717, 1.165) is 32.0 Å². The van der Waals surface area contributed by atoms with Crippen molar-refractivity contribution in [1.29, 1.82) is 0 Å². The van der Waals surface area contributed by atoms with E-state index in [-0.39, 0.29) is 0 Å². The molecule has 2 nitrogen and oxygen atoms in total. The lowest BCUT2D eigenvalue weighted by atomic mass is 10.1. The van der Waals surface area contributed by atoms with E-state index in [0.29, 0.717) is 6.42 Å².